The van der Waals surface area contributed by atoms with Gasteiger partial charge in [0.05, 0.1) is 12.5 Å². The molecule has 1 amide bonds. The normalized spacial score (nSPS) is 17.6. The van der Waals surface area contributed by atoms with Crippen molar-refractivity contribution in [1.82, 2.24) is 4.90 Å². The summed E-state index contributed by atoms with van der Waals surface area (Å²) >= 11 is 0. The van der Waals surface area contributed by atoms with Gasteiger partial charge in [-0.1, -0.05) is 24.3 Å². The van der Waals surface area contributed by atoms with Gasteiger partial charge in [0, 0.05) is 19.6 Å². The van der Waals surface area contributed by atoms with Crippen LogP contribution in [-0.2, 0) is 20.9 Å². The van der Waals surface area contributed by atoms with Crippen molar-refractivity contribution in [3.63, 3.8) is 0 Å². The second kappa shape index (κ2) is 6.49. The second-order valence-electron chi connectivity index (χ2n) is 4.71. The SMILES string of the molecule is NCCOCC(=O)N1Cc2ccccc2C(C(=O)O)C1. The van der Waals surface area contributed by atoms with Crippen LogP contribution in [0.4, 0.5) is 0 Å². The molecule has 1 heterocycles. The third-order valence-corrected chi connectivity index (χ3v) is 3.33. The van der Waals surface area contributed by atoms with Crippen LogP contribution in [0.1, 0.15) is 17.0 Å². The molecular formula is C14H18N2O4. The second-order valence-corrected chi connectivity index (χ2v) is 4.71. The zero-order chi connectivity index (χ0) is 14.5. The van der Waals surface area contributed by atoms with Crippen LogP contribution in [0, 0.1) is 0 Å². The van der Waals surface area contributed by atoms with Gasteiger partial charge in [0.1, 0.15) is 6.61 Å². The lowest BCUT2D eigenvalue weighted by atomic mass is 9.90. The van der Waals surface area contributed by atoms with Crippen molar-refractivity contribution in [3.05, 3.63) is 35.4 Å². The average molecular weight is 278 g/mol. The monoisotopic (exact) mass is 278 g/mol. The predicted molar refractivity (Wildman–Crippen MR) is 72.1 cm³/mol. The van der Waals surface area contributed by atoms with E-state index in [1.807, 2.05) is 18.2 Å². The first kappa shape index (κ1) is 14.5. The molecule has 6 heteroatoms. The first-order valence-corrected chi connectivity index (χ1v) is 6.49. The minimum absolute atomic E-state index is 0.0638. The van der Waals surface area contributed by atoms with Crippen molar-refractivity contribution in [2.45, 2.75) is 12.5 Å². The van der Waals surface area contributed by atoms with E-state index in [-0.39, 0.29) is 19.1 Å². The van der Waals surface area contributed by atoms with E-state index in [2.05, 4.69) is 0 Å². The van der Waals surface area contributed by atoms with E-state index in [1.54, 1.807) is 6.07 Å². The van der Waals surface area contributed by atoms with Crippen LogP contribution < -0.4 is 5.73 Å². The molecule has 1 aromatic carbocycles. The largest absolute Gasteiger partial charge is 0.481 e. The molecule has 0 bridgehead atoms. The summed E-state index contributed by atoms with van der Waals surface area (Å²) in [7, 11) is 0. The molecule has 0 saturated heterocycles. The molecule has 6 nitrogen and oxygen atoms in total. The van der Waals surface area contributed by atoms with Gasteiger partial charge in [-0.25, -0.2) is 0 Å². The molecule has 1 aliphatic rings. The van der Waals surface area contributed by atoms with Gasteiger partial charge in [0.2, 0.25) is 5.91 Å². The molecule has 0 fully saturated rings. The molecule has 108 valence electrons. The number of benzene rings is 1. The number of carbonyl (C=O) groups excluding carboxylic acids is 1. The topological polar surface area (TPSA) is 92.9 Å². The van der Waals surface area contributed by atoms with E-state index in [9.17, 15) is 14.7 Å². The van der Waals surface area contributed by atoms with E-state index in [4.69, 9.17) is 10.5 Å². The smallest absolute Gasteiger partial charge is 0.312 e. The third-order valence-electron chi connectivity index (χ3n) is 3.33. The molecule has 3 N–H and O–H groups in total. The number of hydrogen-bond donors (Lipinski definition) is 2. The first-order valence-electron chi connectivity index (χ1n) is 6.49. The van der Waals surface area contributed by atoms with Crippen LogP contribution >= 0.6 is 0 Å². The highest BCUT2D eigenvalue weighted by atomic mass is 16.5. The van der Waals surface area contributed by atoms with Crippen LogP contribution in [0.15, 0.2) is 24.3 Å². The number of rotatable bonds is 5. The number of nitrogens with two attached hydrogens (primary N) is 1. The fourth-order valence-corrected chi connectivity index (χ4v) is 2.34. The Labute approximate surface area is 117 Å². The summed E-state index contributed by atoms with van der Waals surface area (Å²) < 4.78 is 5.12. The molecular weight excluding hydrogens is 260 g/mol. The van der Waals surface area contributed by atoms with Crippen molar-refractivity contribution < 1.29 is 19.4 Å². The summed E-state index contributed by atoms with van der Waals surface area (Å²) in [6, 6.07) is 7.32. The quantitative estimate of drug-likeness (QED) is 0.749. The highest BCUT2D eigenvalue weighted by Gasteiger charge is 2.32. The number of ether oxygens (including phenoxy) is 1. The molecule has 20 heavy (non-hydrogen) atoms. The van der Waals surface area contributed by atoms with E-state index in [0.717, 1.165) is 11.1 Å². The first-order chi connectivity index (χ1) is 9.63. The maximum Gasteiger partial charge on any atom is 0.312 e. The van der Waals surface area contributed by atoms with Crippen LogP contribution in [-0.4, -0.2) is 48.2 Å². The van der Waals surface area contributed by atoms with Gasteiger partial charge in [-0.3, -0.25) is 9.59 Å². The fourth-order valence-electron chi connectivity index (χ4n) is 2.34. The highest BCUT2D eigenvalue weighted by Crippen LogP contribution is 2.28. The number of carboxylic acid groups (broad SMARTS) is 1. The Hall–Kier alpha value is -1.92. The molecule has 1 atom stereocenters. The van der Waals surface area contributed by atoms with Gasteiger partial charge in [0.15, 0.2) is 0 Å². The molecule has 2 rings (SSSR count). The Balaban J connectivity index is 2.12. The van der Waals surface area contributed by atoms with Crippen LogP contribution in [0.5, 0.6) is 0 Å². The van der Waals surface area contributed by atoms with Gasteiger partial charge in [0.25, 0.3) is 0 Å². The van der Waals surface area contributed by atoms with Crippen molar-refractivity contribution >= 4 is 11.9 Å². The third kappa shape index (κ3) is 3.15. The van der Waals surface area contributed by atoms with Crippen LogP contribution in [0.3, 0.4) is 0 Å². The van der Waals surface area contributed by atoms with Crippen molar-refractivity contribution in [2.75, 3.05) is 26.3 Å². The summed E-state index contributed by atoms with van der Waals surface area (Å²) in [5, 5.41) is 9.31. The number of fused-ring (bicyclic) bond motifs is 1. The Kier molecular flexibility index (Phi) is 4.70. The standard InChI is InChI=1S/C14H18N2O4/c15-5-6-20-9-13(17)16-7-10-3-1-2-4-11(10)12(8-16)14(18)19/h1-4,12H,5-9,15H2,(H,18,19). The Morgan fingerprint density at radius 2 is 2.15 bits per heavy atom. The Morgan fingerprint density at radius 3 is 2.85 bits per heavy atom. The maximum atomic E-state index is 12.0. The lowest BCUT2D eigenvalue weighted by molar-refractivity contribution is -0.142. The van der Waals surface area contributed by atoms with Crippen LogP contribution in [0.2, 0.25) is 0 Å². The minimum atomic E-state index is -0.919. The van der Waals surface area contributed by atoms with Gasteiger partial charge in [-0.2, -0.15) is 0 Å². The van der Waals surface area contributed by atoms with E-state index in [1.165, 1.54) is 4.90 Å². The summed E-state index contributed by atoms with van der Waals surface area (Å²) in [5.41, 5.74) is 6.95. The Morgan fingerprint density at radius 1 is 1.40 bits per heavy atom. The summed E-state index contributed by atoms with van der Waals surface area (Å²) in [6.07, 6.45) is 0. The number of carbonyl (C=O) groups is 2. The van der Waals surface area contributed by atoms with Gasteiger partial charge < -0.3 is 20.5 Å². The molecule has 0 aromatic heterocycles. The minimum Gasteiger partial charge on any atom is -0.481 e. The summed E-state index contributed by atoms with van der Waals surface area (Å²) in [6.45, 7) is 1.21. The van der Waals surface area contributed by atoms with Gasteiger partial charge >= 0.3 is 5.97 Å². The highest BCUT2D eigenvalue weighted by molar-refractivity contribution is 5.82. The zero-order valence-corrected chi connectivity index (χ0v) is 11.1. The molecule has 0 aliphatic carbocycles. The molecule has 0 spiro atoms. The molecule has 1 aromatic rings. The molecule has 0 radical (unpaired) electrons. The van der Waals surface area contributed by atoms with Gasteiger partial charge in [-0.05, 0) is 11.1 Å². The number of hydrogen-bond acceptors (Lipinski definition) is 4. The molecule has 1 aliphatic heterocycles. The maximum absolute atomic E-state index is 12.0. The van der Waals surface area contributed by atoms with Gasteiger partial charge in [-0.15, -0.1) is 0 Å². The Bertz CT molecular complexity index is 504. The van der Waals surface area contributed by atoms with Crippen molar-refractivity contribution in [1.29, 1.82) is 0 Å². The van der Waals surface area contributed by atoms with E-state index < -0.39 is 11.9 Å². The average Bonchev–Trinajstić information content (AvgIpc) is 2.46. The predicted octanol–water partition coefficient (Wildman–Crippen LogP) is 0.172. The zero-order valence-electron chi connectivity index (χ0n) is 11.1. The number of amides is 1. The van der Waals surface area contributed by atoms with E-state index >= 15 is 0 Å². The van der Waals surface area contributed by atoms with Crippen molar-refractivity contribution in [2.24, 2.45) is 5.73 Å². The lowest BCUT2D eigenvalue weighted by Gasteiger charge is -2.32. The number of aliphatic carboxylic acids is 1. The summed E-state index contributed by atoms with van der Waals surface area (Å²) in [5.74, 6) is -1.81. The van der Waals surface area contributed by atoms with Crippen molar-refractivity contribution in [3.8, 4) is 0 Å². The molecule has 0 saturated carbocycles. The summed E-state index contributed by atoms with van der Waals surface area (Å²) in [4.78, 5) is 24.9. The fraction of sp³-hybridized carbons (Fsp3) is 0.429. The number of nitrogens with zero attached hydrogens (tertiary/aromatic N) is 1. The van der Waals surface area contributed by atoms with E-state index in [0.29, 0.717) is 19.7 Å². The lowest BCUT2D eigenvalue weighted by Crippen LogP contribution is -2.42. The van der Waals surface area contributed by atoms with Crippen LogP contribution in [0.25, 0.3) is 0 Å². The molecule has 1 unspecified atom stereocenters. The number of carboxylic acids is 1.